The molecule has 1 heterocycles. The predicted molar refractivity (Wildman–Crippen MR) is 96.0 cm³/mol. The summed E-state index contributed by atoms with van der Waals surface area (Å²) in [5.74, 6) is 0.401. The van der Waals surface area contributed by atoms with E-state index in [1.165, 1.54) is 6.07 Å². The second-order valence-electron chi connectivity index (χ2n) is 5.89. The molecule has 0 fully saturated rings. The molecule has 0 saturated heterocycles. The van der Waals surface area contributed by atoms with Gasteiger partial charge in [-0.2, -0.15) is 0 Å². The van der Waals surface area contributed by atoms with Gasteiger partial charge in [0.25, 0.3) is 0 Å². The number of carbonyl (C=O) groups excluding carboxylic acids is 1. The number of ether oxygens (including phenoxy) is 2. The lowest BCUT2D eigenvalue weighted by molar-refractivity contribution is -0.129. The predicted octanol–water partition coefficient (Wildman–Crippen LogP) is 3.66. The fraction of sp³-hybridized carbons (Fsp3) is 0.250. The van der Waals surface area contributed by atoms with Crippen LogP contribution in [0, 0.1) is 5.82 Å². The van der Waals surface area contributed by atoms with Gasteiger partial charge in [0.15, 0.2) is 11.6 Å². The second kappa shape index (κ2) is 7.91. The molecule has 0 atom stereocenters. The molecule has 0 spiro atoms. The highest BCUT2D eigenvalue weighted by molar-refractivity contribution is 5.88. The van der Waals surface area contributed by atoms with Gasteiger partial charge in [0.2, 0.25) is 5.91 Å². The molecule has 5 nitrogen and oxygen atoms in total. The maximum atomic E-state index is 13.5. The van der Waals surface area contributed by atoms with E-state index in [2.05, 4.69) is 0 Å². The van der Waals surface area contributed by atoms with Gasteiger partial charge in [0.1, 0.15) is 17.9 Å². The second-order valence-corrected chi connectivity index (χ2v) is 5.89. The van der Waals surface area contributed by atoms with Crippen molar-refractivity contribution in [2.75, 3.05) is 27.3 Å². The molecule has 0 aliphatic heterocycles. The van der Waals surface area contributed by atoms with E-state index in [9.17, 15) is 9.18 Å². The maximum absolute atomic E-state index is 13.5. The van der Waals surface area contributed by atoms with Gasteiger partial charge in [-0.15, -0.1) is 0 Å². The van der Waals surface area contributed by atoms with Gasteiger partial charge in [-0.25, -0.2) is 4.39 Å². The molecule has 0 saturated carbocycles. The van der Waals surface area contributed by atoms with Crippen LogP contribution in [0.5, 0.6) is 11.5 Å². The molecule has 0 unspecified atom stereocenters. The van der Waals surface area contributed by atoms with E-state index in [1.54, 1.807) is 49.6 Å². The van der Waals surface area contributed by atoms with Crippen molar-refractivity contribution in [2.45, 2.75) is 6.42 Å². The zero-order valence-electron chi connectivity index (χ0n) is 14.7. The highest BCUT2D eigenvalue weighted by Crippen LogP contribution is 2.26. The summed E-state index contributed by atoms with van der Waals surface area (Å²) in [5.41, 5.74) is 1.49. The Morgan fingerprint density at radius 1 is 1.23 bits per heavy atom. The molecule has 136 valence electrons. The van der Waals surface area contributed by atoms with Gasteiger partial charge in [-0.3, -0.25) is 4.79 Å². The molecule has 0 bridgehead atoms. The Balaban J connectivity index is 1.56. The Bertz CT molecular complexity index is 906. The highest BCUT2D eigenvalue weighted by Gasteiger charge is 2.14. The van der Waals surface area contributed by atoms with E-state index in [0.717, 1.165) is 10.9 Å². The van der Waals surface area contributed by atoms with Crippen molar-refractivity contribution < 1.29 is 23.1 Å². The summed E-state index contributed by atoms with van der Waals surface area (Å²) in [6, 6.07) is 11.7. The molecule has 6 heteroatoms. The van der Waals surface area contributed by atoms with Gasteiger partial charge >= 0.3 is 0 Å². The van der Waals surface area contributed by atoms with E-state index in [4.69, 9.17) is 13.9 Å². The van der Waals surface area contributed by atoms with Crippen LogP contribution in [0.2, 0.25) is 0 Å². The average molecular weight is 357 g/mol. The minimum absolute atomic E-state index is 0.0688. The van der Waals surface area contributed by atoms with Crippen molar-refractivity contribution in [1.82, 2.24) is 4.90 Å². The minimum atomic E-state index is -0.415. The molecule has 26 heavy (non-hydrogen) atoms. The average Bonchev–Trinajstić information content (AvgIpc) is 3.05. The molecule has 0 N–H and O–H groups in total. The Hall–Kier alpha value is -3.02. The van der Waals surface area contributed by atoms with Crippen LogP contribution in [0.1, 0.15) is 5.56 Å². The molecular weight excluding hydrogens is 337 g/mol. The summed E-state index contributed by atoms with van der Waals surface area (Å²) >= 11 is 0. The zero-order valence-corrected chi connectivity index (χ0v) is 14.7. The van der Waals surface area contributed by atoms with Crippen LogP contribution in [-0.4, -0.2) is 38.1 Å². The van der Waals surface area contributed by atoms with Crippen LogP contribution in [0.4, 0.5) is 4.39 Å². The topological polar surface area (TPSA) is 51.9 Å². The normalized spacial score (nSPS) is 10.7. The molecule has 1 aromatic heterocycles. The number of rotatable bonds is 7. The fourth-order valence-electron chi connectivity index (χ4n) is 2.60. The summed E-state index contributed by atoms with van der Waals surface area (Å²) in [7, 11) is 3.28. The first-order chi connectivity index (χ1) is 12.6. The van der Waals surface area contributed by atoms with E-state index in [-0.39, 0.29) is 24.7 Å². The molecule has 1 amide bonds. The molecule has 0 aliphatic rings. The van der Waals surface area contributed by atoms with Gasteiger partial charge in [-0.05, 0) is 24.3 Å². The number of benzene rings is 2. The molecular formula is C20H20FNO4. The molecule has 0 aliphatic carbocycles. The molecule has 3 aromatic rings. The third-order valence-corrected chi connectivity index (χ3v) is 4.15. The van der Waals surface area contributed by atoms with Crippen LogP contribution >= 0.6 is 0 Å². The number of halogens is 1. The van der Waals surface area contributed by atoms with Crippen molar-refractivity contribution in [3.05, 3.63) is 60.1 Å². The number of hydrogen-bond donors (Lipinski definition) is 0. The first-order valence-electron chi connectivity index (χ1n) is 8.24. The van der Waals surface area contributed by atoms with Crippen molar-refractivity contribution in [2.24, 2.45) is 0 Å². The number of para-hydroxylation sites is 1. The monoisotopic (exact) mass is 357 g/mol. The number of likely N-dealkylation sites (N-methyl/N-ethyl adjacent to an activating group) is 1. The standard InChI is InChI=1S/C20H20FNO4/c1-22(9-10-25-18-6-4-3-5-17(18)21)20(23)11-14-13-26-19-12-15(24-2)7-8-16(14)19/h3-8,12-13H,9-11H2,1-2H3. The SMILES string of the molecule is COc1ccc2c(CC(=O)N(C)CCOc3ccccc3F)coc2c1. The van der Waals surface area contributed by atoms with Crippen molar-refractivity contribution in [3.63, 3.8) is 0 Å². The zero-order chi connectivity index (χ0) is 18.5. The van der Waals surface area contributed by atoms with E-state index < -0.39 is 5.82 Å². The van der Waals surface area contributed by atoms with E-state index in [0.29, 0.717) is 17.9 Å². The van der Waals surface area contributed by atoms with Gasteiger partial charge in [0.05, 0.1) is 26.3 Å². The Kier molecular flexibility index (Phi) is 5.41. The number of amides is 1. The maximum Gasteiger partial charge on any atom is 0.226 e. The lowest BCUT2D eigenvalue weighted by Gasteiger charge is -2.17. The number of fused-ring (bicyclic) bond motifs is 1. The van der Waals surface area contributed by atoms with Crippen LogP contribution < -0.4 is 9.47 Å². The Labute approximate surface area is 150 Å². The third-order valence-electron chi connectivity index (χ3n) is 4.15. The fourth-order valence-corrected chi connectivity index (χ4v) is 2.60. The van der Waals surface area contributed by atoms with Crippen LogP contribution in [0.15, 0.2) is 53.1 Å². The lowest BCUT2D eigenvalue weighted by Crippen LogP contribution is -2.32. The summed E-state index contributed by atoms with van der Waals surface area (Å²) < 4.78 is 29.6. The molecule has 0 radical (unpaired) electrons. The Morgan fingerprint density at radius 2 is 2.04 bits per heavy atom. The van der Waals surface area contributed by atoms with Crippen LogP contribution in [-0.2, 0) is 11.2 Å². The first-order valence-corrected chi connectivity index (χ1v) is 8.24. The number of methoxy groups -OCH3 is 1. The lowest BCUT2D eigenvalue weighted by atomic mass is 10.1. The minimum Gasteiger partial charge on any atom is -0.497 e. The van der Waals surface area contributed by atoms with Gasteiger partial charge in [0, 0.05) is 24.1 Å². The summed E-state index contributed by atoms with van der Waals surface area (Å²) in [5, 5.41) is 0.884. The molecule has 2 aromatic carbocycles. The van der Waals surface area contributed by atoms with E-state index >= 15 is 0 Å². The summed E-state index contributed by atoms with van der Waals surface area (Å²) in [6.07, 6.45) is 1.81. The number of furan rings is 1. The quantitative estimate of drug-likeness (QED) is 0.648. The van der Waals surface area contributed by atoms with E-state index in [1.807, 2.05) is 12.1 Å². The third kappa shape index (κ3) is 3.96. The Morgan fingerprint density at radius 3 is 2.81 bits per heavy atom. The summed E-state index contributed by atoms with van der Waals surface area (Å²) in [6.45, 7) is 0.573. The van der Waals surface area contributed by atoms with Gasteiger partial charge in [-0.1, -0.05) is 12.1 Å². The largest absolute Gasteiger partial charge is 0.497 e. The van der Waals surface area contributed by atoms with Crippen molar-refractivity contribution in [1.29, 1.82) is 0 Å². The smallest absolute Gasteiger partial charge is 0.226 e. The number of carbonyl (C=O) groups is 1. The highest BCUT2D eigenvalue weighted by atomic mass is 19.1. The summed E-state index contributed by atoms with van der Waals surface area (Å²) in [4.78, 5) is 14.0. The van der Waals surface area contributed by atoms with Crippen LogP contribution in [0.3, 0.4) is 0 Å². The van der Waals surface area contributed by atoms with Crippen molar-refractivity contribution in [3.8, 4) is 11.5 Å². The number of nitrogens with zero attached hydrogens (tertiary/aromatic N) is 1. The van der Waals surface area contributed by atoms with Crippen LogP contribution in [0.25, 0.3) is 11.0 Å². The van der Waals surface area contributed by atoms with Gasteiger partial charge < -0.3 is 18.8 Å². The van der Waals surface area contributed by atoms with Crippen molar-refractivity contribution >= 4 is 16.9 Å². The number of hydrogen-bond acceptors (Lipinski definition) is 4. The molecule has 3 rings (SSSR count). The first kappa shape index (κ1) is 17.8.